The number of thiazole rings is 1. The van der Waals surface area contributed by atoms with Crippen LogP contribution in [0.1, 0.15) is 16.3 Å². The van der Waals surface area contributed by atoms with Crippen LogP contribution in [0.2, 0.25) is 0 Å². The van der Waals surface area contributed by atoms with Crippen molar-refractivity contribution < 1.29 is 4.74 Å². The van der Waals surface area contributed by atoms with E-state index in [1.165, 1.54) is 4.88 Å². The number of anilines is 2. The number of nitrogens with two attached hydrogens (primary N) is 1. The van der Waals surface area contributed by atoms with Crippen molar-refractivity contribution in [3.8, 4) is 0 Å². The molecular formula is C15H20N4OS2. The van der Waals surface area contributed by atoms with Crippen LogP contribution in [-0.2, 0) is 10.5 Å². The molecule has 0 aliphatic carbocycles. The molecule has 5 nitrogen and oxygen atoms in total. The van der Waals surface area contributed by atoms with E-state index in [4.69, 9.17) is 10.5 Å². The van der Waals surface area contributed by atoms with Crippen molar-refractivity contribution in [2.75, 3.05) is 36.9 Å². The number of pyridine rings is 1. The van der Waals surface area contributed by atoms with Crippen LogP contribution < -0.4 is 10.6 Å². The fourth-order valence-corrected chi connectivity index (χ4v) is 4.36. The standard InChI is InChI=1S/C15H20N4OS2/c1-10-11(2)22-15(17-10)21-9-12-7-13(8-14(16)18-12)19-3-5-20-6-4-19/h7-8H,3-6,9H2,1-2H3,(H2,16,18). The number of aryl methyl sites for hydroxylation is 2. The summed E-state index contributed by atoms with van der Waals surface area (Å²) in [7, 11) is 0. The van der Waals surface area contributed by atoms with Crippen LogP contribution in [0.5, 0.6) is 0 Å². The summed E-state index contributed by atoms with van der Waals surface area (Å²) in [5.74, 6) is 1.36. The van der Waals surface area contributed by atoms with E-state index in [1.54, 1.807) is 23.1 Å². The van der Waals surface area contributed by atoms with E-state index in [-0.39, 0.29) is 0 Å². The summed E-state index contributed by atoms with van der Waals surface area (Å²) in [6, 6.07) is 4.07. The van der Waals surface area contributed by atoms with Crippen molar-refractivity contribution in [2.45, 2.75) is 23.9 Å². The highest BCUT2D eigenvalue weighted by Gasteiger charge is 2.13. The lowest BCUT2D eigenvalue weighted by Gasteiger charge is -2.29. The van der Waals surface area contributed by atoms with E-state index in [2.05, 4.69) is 27.9 Å². The molecule has 0 atom stereocenters. The van der Waals surface area contributed by atoms with Gasteiger partial charge in [-0.05, 0) is 19.9 Å². The van der Waals surface area contributed by atoms with Crippen LogP contribution in [0.4, 0.5) is 11.5 Å². The lowest BCUT2D eigenvalue weighted by Crippen LogP contribution is -2.36. The van der Waals surface area contributed by atoms with Gasteiger partial charge in [0.2, 0.25) is 0 Å². The van der Waals surface area contributed by atoms with Crippen molar-refractivity contribution >= 4 is 34.6 Å². The maximum atomic E-state index is 5.97. The number of hydrogen-bond donors (Lipinski definition) is 1. The second kappa shape index (κ2) is 6.85. The average molecular weight is 336 g/mol. The first-order valence-corrected chi connectivity index (χ1v) is 9.08. The highest BCUT2D eigenvalue weighted by molar-refractivity contribution is 8.00. The Kier molecular flexibility index (Phi) is 4.85. The lowest BCUT2D eigenvalue weighted by atomic mass is 10.2. The molecule has 0 amide bonds. The molecule has 0 bridgehead atoms. The molecule has 0 radical (unpaired) electrons. The van der Waals surface area contributed by atoms with Gasteiger partial charge in [0, 0.05) is 35.5 Å². The Bertz CT molecular complexity index is 633. The first-order chi connectivity index (χ1) is 10.6. The highest BCUT2D eigenvalue weighted by Crippen LogP contribution is 2.30. The topological polar surface area (TPSA) is 64.3 Å². The van der Waals surface area contributed by atoms with E-state index in [0.717, 1.165) is 53.5 Å². The Labute approximate surface area is 138 Å². The molecule has 0 spiro atoms. The molecule has 0 aromatic carbocycles. The van der Waals surface area contributed by atoms with Crippen LogP contribution >= 0.6 is 23.1 Å². The van der Waals surface area contributed by atoms with Crippen molar-refractivity contribution in [1.82, 2.24) is 9.97 Å². The number of aromatic nitrogens is 2. The minimum Gasteiger partial charge on any atom is -0.384 e. The third kappa shape index (κ3) is 3.71. The SMILES string of the molecule is Cc1nc(SCc2cc(N3CCOCC3)cc(N)n2)sc1C. The fraction of sp³-hybridized carbons (Fsp3) is 0.467. The summed E-state index contributed by atoms with van der Waals surface area (Å²) in [5, 5.41) is 0. The van der Waals surface area contributed by atoms with Crippen LogP contribution in [0.3, 0.4) is 0 Å². The molecule has 3 heterocycles. The minimum absolute atomic E-state index is 0.575. The van der Waals surface area contributed by atoms with Crippen molar-refractivity contribution in [3.05, 3.63) is 28.4 Å². The minimum atomic E-state index is 0.575. The molecular weight excluding hydrogens is 316 g/mol. The molecule has 3 rings (SSSR count). The fourth-order valence-electron chi connectivity index (χ4n) is 2.31. The smallest absolute Gasteiger partial charge is 0.150 e. The zero-order chi connectivity index (χ0) is 15.5. The predicted octanol–water partition coefficient (Wildman–Crippen LogP) is 2.87. The number of nitrogens with zero attached hydrogens (tertiary/aromatic N) is 3. The second-order valence-corrected chi connectivity index (χ2v) is 7.68. The zero-order valence-electron chi connectivity index (χ0n) is 12.8. The molecule has 1 saturated heterocycles. The Morgan fingerprint density at radius 1 is 1.27 bits per heavy atom. The summed E-state index contributed by atoms with van der Waals surface area (Å²) in [6.45, 7) is 7.49. The maximum absolute atomic E-state index is 5.97. The van der Waals surface area contributed by atoms with Gasteiger partial charge in [0.15, 0.2) is 4.34 Å². The van der Waals surface area contributed by atoms with E-state index >= 15 is 0 Å². The summed E-state index contributed by atoms with van der Waals surface area (Å²) in [5.41, 5.74) is 9.22. The molecule has 1 aliphatic heterocycles. The van der Waals surface area contributed by atoms with Gasteiger partial charge < -0.3 is 15.4 Å². The molecule has 118 valence electrons. The largest absolute Gasteiger partial charge is 0.384 e. The van der Waals surface area contributed by atoms with Crippen LogP contribution in [0, 0.1) is 13.8 Å². The van der Waals surface area contributed by atoms with Gasteiger partial charge in [-0.1, -0.05) is 11.8 Å². The van der Waals surface area contributed by atoms with E-state index in [1.807, 2.05) is 13.0 Å². The zero-order valence-corrected chi connectivity index (χ0v) is 14.5. The maximum Gasteiger partial charge on any atom is 0.150 e. The number of rotatable bonds is 4. The summed E-state index contributed by atoms with van der Waals surface area (Å²) in [6.07, 6.45) is 0. The number of ether oxygens (including phenoxy) is 1. The number of hydrogen-bond acceptors (Lipinski definition) is 7. The third-order valence-electron chi connectivity index (χ3n) is 3.61. The molecule has 7 heteroatoms. The lowest BCUT2D eigenvalue weighted by molar-refractivity contribution is 0.122. The number of thioether (sulfide) groups is 1. The molecule has 0 saturated carbocycles. The summed E-state index contributed by atoms with van der Waals surface area (Å²) >= 11 is 3.45. The highest BCUT2D eigenvalue weighted by atomic mass is 32.2. The van der Waals surface area contributed by atoms with E-state index in [0.29, 0.717) is 5.82 Å². The van der Waals surface area contributed by atoms with Crippen molar-refractivity contribution in [3.63, 3.8) is 0 Å². The van der Waals surface area contributed by atoms with Gasteiger partial charge in [-0.15, -0.1) is 11.3 Å². The van der Waals surface area contributed by atoms with Crippen LogP contribution in [-0.4, -0.2) is 36.3 Å². The summed E-state index contributed by atoms with van der Waals surface area (Å²) in [4.78, 5) is 12.6. The molecule has 22 heavy (non-hydrogen) atoms. The third-order valence-corrected chi connectivity index (χ3v) is 5.86. The monoisotopic (exact) mass is 336 g/mol. The van der Waals surface area contributed by atoms with E-state index < -0.39 is 0 Å². The number of nitrogen functional groups attached to an aromatic ring is 1. The first-order valence-electron chi connectivity index (χ1n) is 7.28. The van der Waals surface area contributed by atoms with Gasteiger partial charge in [0.05, 0.1) is 24.6 Å². The average Bonchev–Trinajstić information content (AvgIpc) is 2.84. The van der Waals surface area contributed by atoms with Crippen LogP contribution in [0.25, 0.3) is 0 Å². The summed E-state index contributed by atoms with van der Waals surface area (Å²) < 4.78 is 6.49. The Morgan fingerprint density at radius 3 is 2.73 bits per heavy atom. The van der Waals surface area contributed by atoms with Gasteiger partial charge in [0.25, 0.3) is 0 Å². The Morgan fingerprint density at radius 2 is 2.05 bits per heavy atom. The van der Waals surface area contributed by atoms with Gasteiger partial charge in [0.1, 0.15) is 5.82 Å². The van der Waals surface area contributed by atoms with Gasteiger partial charge in [-0.25, -0.2) is 9.97 Å². The normalized spacial score (nSPS) is 15.3. The van der Waals surface area contributed by atoms with Gasteiger partial charge >= 0.3 is 0 Å². The number of morpholine rings is 1. The van der Waals surface area contributed by atoms with Crippen molar-refractivity contribution in [2.24, 2.45) is 0 Å². The van der Waals surface area contributed by atoms with Gasteiger partial charge in [-0.2, -0.15) is 0 Å². The molecule has 2 aromatic heterocycles. The second-order valence-electron chi connectivity index (χ2n) is 5.25. The molecule has 1 aliphatic rings. The van der Waals surface area contributed by atoms with Crippen LogP contribution in [0.15, 0.2) is 16.5 Å². The van der Waals surface area contributed by atoms with Gasteiger partial charge in [-0.3, -0.25) is 0 Å². The molecule has 1 fully saturated rings. The quantitative estimate of drug-likeness (QED) is 0.866. The first kappa shape index (κ1) is 15.6. The van der Waals surface area contributed by atoms with Crippen molar-refractivity contribution in [1.29, 1.82) is 0 Å². The molecule has 0 unspecified atom stereocenters. The molecule has 2 N–H and O–H groups in total. The van der Waals surface area contributed by atoms with E-state index in [9.17, 15) is 0 Å². The Balaban J connectivity index is 1.71. The predicted molar refractivity (Wildman–Crippen MR) is 92.8 cm³/mol. The Hall–Kier alpha value is -1.31. The molecule has 2 aromatic rings.